The van der Waals surface area contributed by atoms with E-state index in [1.165, 1.54) is 12.8 Å². The van der Waals surface area contributed by atoms with Crippen LogP contribution < -0.4 is 5.32 Å². The van der Waals surface area contributed by atoms with Crippen molar-refractivity contribution in [3.8, 4) is 0 Å². The van der Waals surface area contributed by atoms with Crippen molar-refractivity contribution in [2.45, 2.75) is 45.2 Å². The molecule has 0 aromatic carbocycles. The third kappa shape index (κ3) is 6.88. The highest BCUT2D eigenvalue weighted by molar-refractivity contribution is 4.82. The summed E-state index contributed by atoms with van der Waals surface area (Å²) in [6.07, 6.45) is 2.75. The van der Waals surface area contributed by atoms with Gasteiger partial charge in [-0.3, -0.25) is 0 Å². The first kappa shape index (κ1) is 12.9. The van der Waals surface area contributed by atoms with Crippen LogP contribution >= 0.6 is 0 Å². The Bertz CT molecular complexity index is 173. The van der Waals surface area contributed by atoms with E-state index >= 15 is 0 Å². The van der Waals surface area contributed by atoms with Gasteiger partial charge in [0.15, 0.2) is 0 Å². The van der Waals surface area contributed by atoms with Crippen molar-refractivity contribution in [3.63, 3.8) is 0 Å². The zero-order valence-corrected chi connectivity index (χ0v) is 10.7. The summed E-state index contributed by atoms with van der Waals surface area (Å²) in [5, 5.41) is 3.41. The molecule has 0 saturated heterocycles. The first-order chi connectivity index (χ1) is 6.99. The second kappa shape index (κ2) is 5.83. The van der Waals surface area contributed by atoms with Gasteiger partial charge in [0.2, 0.25) is 0 Å². The zero-order chi connectivity index (χ0) is 11.3. The van der Waals surface area contributed by atoms with E-state index in [0.717, 1.165) is 32.3 Å². The highest BCUT2D eigenvalue weighted by Crippen LogP contribution is 2.24. The highest BCUT2D eigenvalue weighted by atomic mass is 16.5. The third-order valence-electron chi connectivity index (χ3n) is 2.66. The summed E-state index contributed by atoms with van der Waals surface area (Å²) in [6.45, 7) is 10.2. The summed E-state index contributed by atoms with van der Waals surface area (Å²) in [5.41, 5.74) is 0.203. The summed E-state index contributed by atoms with van der Waals surface area (Å²) in [7, 11) is 2.19. The first-order valence-electron chi connectivity index (χ1n) is 6.02. The topological polar surface area (TPSA) is 24.5 Å². The summed E-state index contributed by atoms with van der Waals surface area (Å²) in [5.74, 6) is 0. The van der Waals surface area contributed by atoms with Crippen molar-refractivity contribution in [3.05, 3.63) is 0 Å². The van der Waals surface area contributed by atoms with Crippen LogP contribution in [0.5, 0.6) is 0 Å². The van der Waals surface area contributed by atoms with Gasteiger partial charge in [0.1, 0.15) is 0 Å². The maximum atomic E-state index is 5.57. The van der Waals surface area contributed by atoms with Crippen LogP contribution in [-0.2, 0) is 4.74 Å². The quantitative estimate of drug-likeness (QED) is 0.650. The number of rotatable bonds is 7. The predicted octanol–water partition coefficient (Wildman–Crippen LogP) is 1.49. The number of nitrogens with zero attached hydrogens (tertiary/aromatic N) is 1. The zero-order valence-electron chi connectivity index (χ0n) is 10.7. The lowest BCUT2D eigenvalue weighted by atomic mass is 10.1. The van der Waals surface area contributed by atoms with Gasteiger partial charge < -0.3 is 15.0 Å². The molecule has 15 heavy (non-hydrogen) atoms. The molecule has 1 aliphatic rings. The molecule has 0 amide bonds. The van der Waals surface area contributed by atoms with E-state index in [-0.39, 0.29) is 5.54 Å². The van der Waals surface area contributed by atoms with Crippen LogP contribution in [0.15, 0.2) is 0 Å². The Morgan fingerprint density at radius 1 is 1.27 bits per heavy atom. The van der Waals surface area contributed by atoms with Gasteiger partial charge in [-0.1, -0.05) is 0 Å². The maximum Gasteiger partial charge on any atom is 0.0594 e. The van der Waals surface area contributed by atoms with E-state index in [4.69, 9.17) is 4.74 Å². The molecule has 3 heteroatoms. The van der Waals surface area contributed by atoms with E-state index in [0.29, 0.717) is 0 Å². The second-order valence-corrected chi connectivity index (χ2v) is 5.50. The van der Waals surface area contributed by atoms with Crippen LogP contribution in [-0.4, -0.2) is 49.8 Å². The van der Waals surface area contributed by atoms with E-state index < -0.39 is 0 Å². The van der Waals surface area contributed by atoms with Crippen LogP contribution in [0.1, 0.15) is 33.6 Å². The van der Waals surface area contributed by atoms with Crippen molar-refractivity contribution < 1.29 is 4.74 Å². The Morgan fingerprint density at radius 2 is 1.93 bits per heavy atom. The predicted molar refractivity (Wildman–Crippen MR) is 64.2 cm³/mol. The second-order valence-electron chi connectivity index (χ2n) is 5.50. The molecule has 0 aromatic heterocycles. The lowest BCUT2D eigenvalue weighted by Crippen LogP contribution is -2.38. The fourth-order valence-corrected chi connectivity index (χ4v) is 1.51. The molecule has 3 nitrogen and oxygen atoms in total. The van der Waals surface area contributed by atoms with Gasteiger partial charge in [0.05, 0.1) is 13.2 Å². The number of ether oxygens (including phenoxy) is 1. The molecule has 0 aliphatic heterocycles. The molecule has 1 aliphatic carbocycles. The van der Waals surface area contributed by atoms with Crippen molar-refractivity contribution >= 4 is 0 Å². The molecule has 1 fully saturated rings. The normalized spacial score (nSPS) is 17.4. The fraction of sp³-hybridized carbons (Fsp3) is 1.00. The molecule has 1 rings (SSSR count). The van der Waals surface area contributed by atoms with Gasteiger partial charge in [-0.25, -0.2) is 0 Å². The lowest BCUT2D eigenvalue weighted by Gasteiger charge is -2.20. The third-order valence-corrected chi connectivity index (χ3v) is 2.66. The van der Waals surface area contributed by atoms with Gasteiger partial charge in [0.25, 0.3) is 0 Å². The van der Waals surface area contributed by atoms with Crippen molar-refractivity contribution in [1.29, 1.82) is 0 Å². The maximum absolute atomic E-state index is 5.57. The van der Waals surface area contributed by atoms with E-state index in [9.17, 15) is 0 Å². The lowest BCUT2D eigenvalue weighted by molar-refractivity contribution is 0.107. The molecule has 0 aromatic rings. The van der Waals surface area contributed by atoms with E-state index in [2.05, 4.69) is 38.0 Å². The van der Waals surface area contributed by atoms with Gasteiger partial charge in [-0.05, 0) is 40.7 Å². The smallest absolute Gasteiger partial charge is 0.0594 e. The molecule has 1 saturated carbocycles. The average Bonchev–Trinajstić information content (AvgIpc) is 2.91. The highest BCUT2D eigenvalue weighted by Gasteiger charge is 2.25. The SMILES string of the molecule is CN(CCOCCNC(C)(C)C)C1CC1. The summed E-state index contributed by atoms with van der Waals surface area (Å²) < 4.78 is 5.57. The molecule has 1 N–H and O–H groups in total. The van der Waals surface area contributed by atoms with Crippen LogP contribution in [0, 0.1) is 0 Å². The summed E-state index contributed by atoms with van der Waals surface area (Å²) in [4.78, 5) is 2.40. The number of likely N-dealkylation sites (N-methyl/N-ethyl adjacent to an activating group) is 1. The molecular weight excluding hydrogens is 188 g/mol. The van der Waals surface area contributed by atoms with Crippen molar-refractivity contribution in [2.75, 3.05) is 33.4 Å². The van der Waals surface area contributed by atoms with Gasteiger partial charge in [0, 0.05) is 24.7 Å². The minimum atomic E-state index is 0.203. The molecule has 0 bridgehead atoms. The van der Waals surface area contributed by atoms with Crippen LogP contribution in [0.4, 0.5) is 0 Å². The van der Waals surface area contributed by atoms with E-state index in [1.54, 1.807) is 0 Å². The minimum absolute atomic E-state index is 0.203. The van der Waals surface area contributed by atoms with Crippen molar-refractivity contribution in [2.24, 2.45) is 0 Å². The van der Waals surface area contributed by atoms with Gasteiger partial charge in [-0.2, -0.15) is 0 Å². The van der Waals surface area contributed by atoms with Gasteiger partial charge in [-0.15, -0.1) is 0 Å². The Morgan fingerprint density at radius 3 is 2.47 bits per heavy atom. The number of nitrogens with one attached hydrogen (secondary N) is 1. The molecule has 0 atom stereocenters. The Kier molecular flexibility index (Phi) is 5.03. The van der Waals surface area contributed by atoms with Gasteiger partial charge >= 0.3 is 0 Å². The van der Waals surface area contributed by atoms with Crippen LogP contribution in [0.2, 0.25) is 0 Å². The number of hydrogen-bond acceptors (Lipinski definition) is 3. The van der Waals surface area contributed by atoms with Crippen LogP contribution in [0.25, 0.3) is 0 Å². The molecule has 0 heterocycles. The van der Waals surface area contributed by atoms with Crippen molar-refractivity contribution in [1.82, 2.24) is 10.2 Å². The largest absolute Gasteiger partial charge is 0.379 e. The Balaban J connectivity index is 1.84. The first-order valence-corrected chi connectivity index (χ1v) is 6.02. The monoisotopic (exact) mass is 214 g/mol. The summed E-state index contributed by atoms with van der Waals surface area (Å²) in [6, 6.07) is 0.848. The average molecular weight is 214 g/mol. The number of hydrogen-bond donors (Lipinski definition) is 1. The van der Waals surface area contributed by atoms with E-state index in [1.807, 2.05) is 0 Å². The Hall–Kier alpha value is -0.120. The Labute approximate surface area is 94.2 Å². The molecular formula is C12H26N2O. The minimum Gasteiger partial charge on any atom is -0.379 e. The molecule has 0 unspecified atom stereocenters. The molecule has 90 valence electrons. The molecule has 0 radical (unpaired) electrons. The summed E-state index contributed by atoms with van der Waals surface area (Å²) >= 11 is 0. The standard InChI is InChI=1S/C12H26N2O/c1-12(2,3)13-7-9-15-10-8-14(4)11-5-6-11/h11,13H,5-10H2,1-4H3. The van der Waals surface area contributed by atoms with Crippen LogP contribution in [0.3, 0.4) is 0 Å². The molecule has 0 spiro atoms. The fourth-order valence-electron chi connectivity index (χ4n) is 1.51.